The SMILES string of the molecule is CC(C)=CCOc1c(O)ccc2c1NC(=O)[C@@]21C[C@@]23CN4CCCC[C@]4(C[C@H]2C1(C)C)C(=O)N3. The van der Waals surface area contributed by atoms with Crippen LogP contribution >= 0.6 is 0 Å². The summed E-state index contributed by atoms with van der Waals surface area (Å²) < 4.78 is 5.96. The molecule has 2 bridgehead atoms. The van der Waals surface area contributed by atoms with Gasteiger partial charge >= 0.3 is 0 Å². The number of fused-ring (bicyclic) bond motifs is 3. The average Bonchev–Trinajstić information content (AvgIpc) is 3.16. The number of nitrogens with zero attached hydrogens (tertiary/aromatic N) is 1. The second-order valence-corrected chi connectivity index (χ2v) is 12.0. The number of hydrogen-bond acceptors (Lipinski definition) is 5. The Kier molecular flexibility index (Phi) is 4.38. The molecule has 0 aromatic heterocycles. The van der Waals surface area contributed by atoms with E-state index in [4.69, 9.17) is 4.74 Å². The van der Waals surface area contributed by atoms with Crippen LogP contribution < -0.4 is 15.4 Å². The lowest BCUT2D eigenvalue weighted by molar-refractivity contribution is -0.167. The number of nitrogens with one attached hydrogen (secondary N) is 2. The molecular formula is C27H35N3O4. The molecule has 2 amide bonds. The maximum absolute atomic E-state index is 13.9. The summed E-state index contributed by atoms with van der Waals surface area (Å²) in [6, 6.07) is 3.53. The van der Waals surface area contributed by atoms with Gasteiger partial charge in [0.15, 0.2) is 11.5 Å². The van der Waals surface area contributed by atoms with Crippen molar-refractivity contribution in [2.24, 2.45) is 11.3 Å². The molecule has 1 aliphatic carbocycles. The first-order chi connectivity index (χ1) is 16.1. The number of carbonyl (C=O) groups is 2. The molecule has 4 saturated heterocycles. The van der Waals surface area contributed by atoms with Crippen molar-refractivity contribution >= 4 is 17.5 Å². The van der Waals surface area contributed by atoms with E-state index in [9.17, 15) is 14.7 Å². The Morgan fingerprint density at radius 2 is 2.03 bits per heavy atom. The van der Waals surface area contributed by atoms with E-state index in [0.29, 0.717) is 24.5 Å². The molecule has 7 nitrogen and oxygen atoms in total. The highest BCUT2D eigenvalue weighted by Gasteiger charge is 2.77. The molecule has 1 saturated carbocycles. The van der Waals surface area contributed by atoms with Crippen molar-refractivity contribution in [3.63, 3.8) is 0 Å². The lowest BCUT2D eigenvalue weighted by Crippen LogP contribution is -2.80. The third kappa shape index (κ3) is 2.46. The Morgan fingerprint density at radius 3 is 2.79 bits per heavy atom. The number of phenolic OH excluding ortho intramolecular Hbond substituents is 1. The van der Waals surface area contributed by atoms with Crippen LogP contribution in [0.25, 0.3) is 0 Å². The topological polar surface area (TPSA) is 90.9 Å². The second-order valence-electron chi connectivity index (χ2n) is 12.0. The number of carbonyl (C=O) groups excluding carboxylic acids is 2. The van der Waals surface area contributed by atoms with Gasteiger partial charge in [0.05, 0.1) is 16.6 Å². The molecule has 34 heavy (non-hydrogen) atoms. The normalized spacial score (nSPS) is 37.0. The Bertz CT molecular complexity index is 1140. The number of phenols is 1. The van der Waals surface area contributed by atoms with Crippen LogP contribution in [0.3, 0.4) is 0 Å². The predicted octanol–water partition coefficient (Wildman–Crippen LogP) is 3.47. The summed E-state index contributed by atoms with van der Waals surface area (Å²) in [7, 11) is 0. The van der Waals surface area contributed by atoms with E-state index in [1.54, 1.807) is 6.07 Å². The monoisotopic (exact) mass is 465 g/mol. The number of rotatable bonds is 3. The molecule has 1 aromatic rings. The van der Waals surface area contributed by atoms with Gasteiger partial charge in [0.1, 0.15) is 12.1 Å². The first-order valence-electron chi connectivity index (χ1n) is 12.6. The number of hydrogen-bond donors (Lipinski definition) is 3. The van der Waals surface area contributed by atoms with Gasteiger partial charge in [0, 0.05) is 6.54 Å². The summed E-state index contributed by atoms with van der Waals surface area (Å²) in [6.07, 6.45) is 6.41. The number of amides is 2. The van der Waals surface area contributed by atoms with Crippen molar-refractivity contribution in [1.29, 1.82) is 0 Å². The Labute approximate surface area is 200 Å². The highest BCUT2D eigenvalue weighted by atomic mass is 16.5. The third-order valence-corrected chi connectivity index (χ3v) is 9.83. The van der Waals surface area contributed by atoms with Gasteiger partial charge in [-0.3, -0.25) is 14.5 Å². The van der Waals surface area contributed by atoms with Crippen molar-refractivity contribution in [3.05, 3.63) is 29.3 Å². The number of piperazine rings is 1. The van der Waals surface area contributed by atoms with Crippen molar-refractivity contribution in [2.45, 2.75) is 76.3 Å². The fourth-order valence-corrected chi connectivity index (χ4v) is 8.17. The molecule has 5 heterocycles. The van der Waals surface area contributed by atoms with Crippen LogP contribution in [0.15, 0.2) is 23.8 Å². The summed E-state index contributed by atoms with van der Waals surface area (Å²) >= 11 is 0. The number of benzene rings is 1. The molecule has 3 N–H and O–H groups in total. The van der Waals surface area contributed by atoms with E-state index in [1.807, 2.05) is 26.0 Å². The van der Waals surface area contributed by atoms with Crippen LogP contribution in [-0.4, -0.2) is 52.6 Å². The van der Waals surface area contributed by atoms with Gasteiger partial charge in [-0.1, -0.05) is 25.5 Å². The van der Waals surface area contributed by atoms with Gasteiger partial charge in [-0.25, -0.2) is 0 Å². The molecule has 182 valence electrons. The summed E-state index contributed by atoms with van der Waals surface area (Å²) in [5.41, 5.74) is 0.522. The maximum Gasteiger partial charge on any atom is 0.241 e. The molecule has 0 unspecified atom stereocenters. The molecule has 6 aliphatic rings. The Balaban J connectivity index is 1.47. The van der Waals surface area contributed by atoms with E-state index in [1.165, 1.54) is 0 Å². The molecule has 0 radical (unpaired) electrons. The van der Waals surface area contributed by atoms with Crippen LogP contribution in [0, 0.1) is 11.3 Å². The van der Waals surface area contributed by atoms with Gasteiger partial charge in [-0.05, 0) is 81.5 Å². The average molecular weight is 466 g/mol. The van der Waals surface area contributed by atoms with Crippen LogP contribution in [0.5, 0.6) is 11.5 Å². The Hall–Kier alpha value is -2.54. The third-order valence-electron chi connectivity index (χ3n) is 9.83. The lowest BCUT2D eigenvalue weighted by Gasteiger charge is -2.63. The highest BCUT2D eigenvalue weighted by Crippen LogP contribution is 2.70. The number of aromatic hydroxyl groups is 1. The number of ether oxygens (including phenoxy) is 1. The van der Waals surface area contributed by atoms with Gasteiger partial charge in [0.25, 0.3) is 0 Å². The Morgan fingerprint density at radius 1 is 1.24 bits per heavy atom. The second kappa shape index (κ2) is 6.78. The molecule has 5 aliphatic heterocycles. The molecule has 4 atom stereocenters. The summed E-state index contributed by atoms with van der Waals surface area (Å²) in [6.45, 7) is 10.5. The fourth-order valence-electron chi connectivity index (χ4n) is 8.17. The minimum absolute atomic E-state index is 0.0230. The molecule has 3 spiro atoms. The summed E-state index contributed by atoms with van der Waals surface area (Å²) in [5, 5.41) is 17.2. The number of allylic oxidation sites excluding steroid dienone is 1. The first kappa shape index (κ1) is 22.0. The molecule has 7 heteroatoms. The van der Waals surface area contributed by atoms with Crippen LogP contribution in [0.4, 0.5) is 5.69 Å². The minimum Gasteiger partial charge on any atom is -0.504 e. The van der Waals surface area contributed by atoms with Crippen LogP contribution in [-0.2, 0) is 15.0 Å². The quantitative estimate of drug-likeness (QED) is 0.595. The predicted molar refractivity (Wildman–Crippen MR) is 129 cm³/mol. The van der Waals surface area contributed by atoms with Crippen molar-refractivity contribution < 1.29 is 19.4 Å². The lowest BCUT2D eigenvalue weighted by atomic mass is 9.56. The van der Waals surface area contributed by atoms with Crippen LogP contribution in [0.2, 0.25) is 0 Å². The van der Waals surface area contributed by atoms with Gasteiger partial charge in [-0.2, -0.15) is 0 Å². The van der Waals surface area contributed by atoms with E-state index in [-0.39, 0.29) is 28.9 Å². The standard InChI is InChI=1S/C27H35N3O4/c1-16(2)9-12-34-21-18(31)8-7-17-20(21)28-23(33)27(17)14-25-15-30-11-6-5-10-26(30,22(32)29-25)13-19(25)24(27,3)4/h7-9,19,31H,5-6,10-15H2,1-4H3,(H,28,33)(H,29,32)/t19-,25+,26-,27+/m0/s1. The van der Waals surface area contributed by atoms with E-state index in [0.717, 1.165) is 49.9 Å². The van der Waals surface area contributed by atoms with Crippen LogP contribution in [0.1, 0.15) is 65.4 Å². The van der Waals surface area contributed by atoms with E-state index < -0.39 is 16.5 Å². The van der Waals surface area contributed by atoms with Crippen molar-refractivity contribution in [3.8, 4) is 11.5 Å². The maximum atomic E-state index is 13.9. The van der Waals surface area contributed by atoms with Crippen molar-refractivity contribution in [2.75, 3.05) is 25.0 Å². The number of piperidine rings is 3. The zero-order chi connectivity index (χ0) is 24.1. The fraction of sp³-hybridized carbons (Fsp3) is 0.630. The van der Waals surface area contributed by atoms with E-state index >= 15 is 0 Å². The highest BCUT2D eigenvalue weighted by molar-refractivity contribution is 6.09. The molecule has 7 rings (SSSR count). The molecule has 5 fully saturated rings. The smallest absolute Gasteiger partial charge is 0.241 e. The minimum atomic E-state index is -0.803. The summed E-state index contributed by atoms with van der Waals surface area (Å²) in [5.74, 6) is 0.634. The zero-order valence-electron chi connectivity index (χ0n) is 20.6. The summed E-state index contributed by atoms with van der Waals surface area (Å²) in [4.78, 5) is 29.8. The van der Waals surface area contributed by atoms with Gasteiger partial charge in [-0.15, -0.1) is 0 Å². The van der Waals surface area contributed by atoms with Crippen molar-refractivity contribution in [1.82, 2.24) is 10.2 Å². The first-order valence-corrected chi connectivity index (χ1v) is 12.6. The van der Waals surface area contributed by atoms with E-state index in [2.05, 4.69) is 29.4 Å². The zero-order valence-corrected chi connectivity index (χ0v) is 20.6. The molecule has 1 aromatic carbocycles. The van der Waals surface area contributed by atoms with Gasteiger partial charge in [0.2, 0.25) is 11.8 Å². The largest absolute Gasteiger partial charge is 0.504 e. The number of anilines is 1. The van der Waals surface area contributed by atoms with Gasteiger partial charge < -0.3 is 20.5 Å². The molecular weight excluding hydrogens is 430 g/mol.